The first-order valence-corrected chi connectivity index (χ1v) is 42.0. The van der Waals surface area contributed by atoms with Crippen LogP contribution in [0, 0.1) is 0 Å². The molecule has 0 amide bonds. The Bertz CT molecular complexity index is 8240. The molecule has 7 heteroatoms. The van der Waals surface area contributed by atoms with Crippen LogP contribution in [0.2, 0.25) is 0 Å². The fraction of sp³-hybridized carbons (Fsp3) is 0.00862. The van der Waals surface area contributed by atoms with E-state index < -0.39 is 5.41 Å². The van der Waals surface area contributed by atoms with E-state index in [9.17, 15) is 0 Å². The van der Waals surface area contributed by atoms with Crippen LogP contribution in [-0.2, 0) is 5.41 Å². The first kappa shape index (κ1) is 70.8. The minimum Gasteiger partial charge on any atom is -0.455 e. The normalized spacial score (nSPS) is 12.3. The number of para-hydroxylation sites is 7. The second kappa shape index (κ2) is 29.0. The lowest BCUT2D eigenvalue weighted by Crippen LogP contribution is -2.28. The third kappa shape index (κ3) is 11.6. The van der Waals surface area contributed by atoms with Crippen molar-refractivity contribution in [2.24, 2.45) is 0 Å². The molecule has 7 heterocycles. The first-order valence-electron chi connectivity index (χ1n) is 42.0. The lowest BCUT2D eigenvalue weighted by Gasteiger charge is -2.33. The van der Waals surface area contributed by atoms with Crippen LogP contribution in [0.1, 0.15) is 22.3 Å². The van der Waals surface area contributed by atoms with E-state index in [0.29, 0.717) is 0 Å². The second-order valence-electron chi connectivity index (χ2n) is 31.9. The van der Waals surface area contributed by atoms with Crippen LogP contribution in [-0.4, -0.2) is 18.7 Å². The van der Waals surface area contributed by atoms with Gasteiger partial charge in [-0.3, -0.25) is 4.57 Å². The minimum atomic E-state index is -0.531. The molecule has 0 N–H and O–H groups in total. The molecule has 25 aromatic rings. The van der Waals surface area contributed by atoms with Gasteiger partial charge in [0.25, 0.3) is 0 Å². The molecule has 0 unspecified atom stereocenters. The summed E-state index contributed by atoms with van der Waals surface area (Å²) in [6.07, 6.45) is 0. The Morgan fingerprint density at radius 1 is 0.228 bits per heavy atom. The number of hydrogen-bond acceptors (Lipinski definition) is 4. The van der Waals surface area contributed by atoms with Gasteiger partial charge in [-0.25, -0.2) is 4.98 Å². The number of benzene rings is 18. The number of fused-ring (bicyclic) bond motifs is 20. The molecule has 0 bridgehead atoms. The van der Waals surface area contributed by atoms with Gasteiger partial charge in [0.05, 0.1) is 33.4 Å². The summed E-state index contributed by atoms with van der Waals surface area (Å²) in [5.41, 5.74) is 31.6. The summed E-state index contributed by atoms with van der Waals surface area (Å²) in [6, 6.07) is 160. The molecule has 0 aliphatic heterocycles. The van der Waals surface area contributed by atoms with Gasteiger partial charge in [0.1, 0.15) is 39.2 Å². The number of pyridine rings is 1. The van der Waals surface area contributed by atoms with Gasteiger partial charge in [0.2, 0.25) is 0 Å². The molecule has 0 spiro atoms. The maximum Gasteiger partial charge on any atom is 0.161 e. The summed E-state index contributed by atoms with van der Waals surface area (Å²) >= 11 is 0. The minimum absolute atomic E-state index is 0.531. The molecule has 576 valence electrons. The van der Waals surface area contributed by atoms with Crippen molar-refractivity contribution in [2.75, 3.05) is 0 Å². The molecule has 18 aromatic carbocycles. The quantitative estimate of drug-likeness (QED) is 0.137. The molecule has 0 radical (unpaired) electrons. The maximum absolute atomic E-state index is 6.38. The Labute approximate surface area is 708 Å². The van der Waals surface area contributed by atoms with Crippen molar-refractivity contribution >= 4 is 120 Å². The van der Waals surface area contributed by atoms with Gasteiger partial charge >= 0.3 is 0 Å². The molecule has 1 aliphatic carbocycles. The third-order valence-corrected chi connectivity index (χ3v) is 25.0. The Kier molecular flexibility index (Phi) is 16.7. The average molecular weight is 1570 g/mol. The van der Waals surface area contributed by atoms with Gasteiger partial charge in [0.15, 0.2) is 11.2 Å². The summed E-state index contributed by atoms with van der Waals surface area (Å²) in [7, 11) is 0. The summed E-state index contributed by atoms with van der Waals surface area (Å²) in [6.45, 7) is 0. The van der Waals surface area contributed by atoms with E-state index in [1.807, 2.05) is 36.4 Å². The van der Waals surface area contributed by atoms with Crippen LogP contribution in [0.25, 0.3) is 205 Å². The Balaban J connectivity index is 0.000000108. The molecule has 7 aromatic heterocycles. The number of nitrogens with zero attached hydrogens (tertiary/aromatic N) is 4. The van der Waals surface area contributed by atoms with E-state index in [4.69, 9.17) is 18.2 Å². The van der Waals surface area contributed by atoms with Gasteiger partial charge in [-0.1, -0.05) is 334 Å². The van der Waals surface area contributed by atoms with E-state index >= 15 is 0 Å². The molecule has 1 aliphatic rings. The monoisotopic (exact) mass is 1570 g/mol. The largest absolute Gasteiger partial charge is 0.455 e. The van der Waals surface area contributed by atoms with Crippen LogP contribution in [0.5, 0.6) is 0 Å². The van der Waals surface area contributed by atoms with Crippen molar-refractivity contribution in [3.63, 3.8) is 0 Å². The summed E-state index contributed by atoms with van der Waals surface area (Å²) in [4.78, 5) is 5.60. The standard InChI is InChI=1S/C52H34N2.C32H19NO2.C32H21NO/c1-3-19-42(20-4-1)52(43-21-5-2-6-22-43)46-25-13-11-23-44(46)51-50(52)45-24-12-14-26-48(45)54(51)49-34-41(39-29-27-35-15-7-9-17-37(35)31-39)33-47(53-49)40-30-28-36-16-8-10-18-38(36)32-40;1-4-16-27-25(12-1)32-30(26-13-3-6-18-29(26)35-32)33(27)21-10-7-9-20(19-21)22-14-8-15-24-23-11-2-5-17-28(23)34-31(22)24;1-3-11-22(12-4-1)24-19-25(23-13-5-2-6-14-23)21-26(20-24)33-29-17-9-7-15-27(29)32-31(33)28-16-8-10-18-30(28)34-32/h1-34H;1-19H;1-21H. The zero-order chi connectivity index (χ0) is 81.1. The van der Waals surface area contributed by atoms with E-state index in [0.717, 1.165) is 144 Å². The number of hydrogen-bond donors (Lipinski definition) is 0. The lowest BCUT2D eigenvalue weighted by atomic mass is 9.67. The van der Waals surface area contributed by atoms with E-state index in [1.165, 1.54) is 82.7 Å². The summed E-state index contributed by atoms with van der Waals surface area (Å²) in [5.74, 6) is 0.896. The molecular formula is C116H74N4O3. The Hall–Kier alpha value is -16.4. The second-order valence-corrected chi connectivity index (χ2v) is 31.9. The first-order chi connectivity index (χ1) is 61.0. The average Bonchev–Trinajstić information content (AvgIpc) is 1.51. The predicted octanol–water partition coefficient (Wildman–Crippen LogP) is 31.0. The molecular weight excluding hydrogens is 1500 g/mol. The zero-order valence-corrected chi connectivity index (χ0v) is 66.7. The highest BCUT2D eigenvalue weighted by Gasteiger charge is 2.49. The fourth-order valence-corrected chi connectivity index (χ4v) is 19.6. The van der Waals surface area contributed by atoms with E-state index in [1.54, 1.807) is 0 Å². The van der Waals surface area contributed by atoms with Crippen molar-refractivity contribution in [3.05, 3.63) is 471 Å². The lowest BCUT2D eigenvalue weighted by molar-refractivity contribution is 0.670. The third-order valence-electron chi connectivity index (χ3n) is 25.0. The van der Waals surface area contributed by atoms with Crippen LogP contribution < -0.4 is 0 Å². The highest BCUT2D eigenvalue weighted by atomic mass is 16.3. The summed E-state index contributed by atoms with van der Waals surface area (Å²) in [5, 5.41) is 12.9. The molecule has 7 nitrogen and oxygen atoms in total. The molecule has 0 saturated heterocycles. The number of furan rings is 3. The van der Waals surface area contributed by atoms with Crippen LogP contribution in [0.15, 0.2) is 462 Å². The van der Waals surface area contributed by atoms with Crippen molar-refractivity contribution < 1.29 is 13.3 Å². The topological polar surface area (TPSA) is 67.1 Å². The zero-order valence-electron chi connectivity index (χ0n) is 66.7. The number of aromatic nitrogens is 4. The predicted molar refractivity (Wildman–Crippen MR) is 509 cm³/mol. The van der Waals surface area contributed by atoms with Gasteiger partial charge in [-0.15, -0.1) is 0 Å². The van der Waals surface area contributed by atoms with Gasteiger partial charge in [-0.2, -0.15) is 0 Å². The Morgan fingerprint density at radius 3 is 1.24 bits per heavy atom. The molecule has 0 saturated carbocycles. The van der Waals surface area contributed by atoms with Crippen LogP contribution in [0.3, 0.4) is 0 Å². The van der Waals surface area contributed by atoms with Crippen molar-refractivity contribution in [2.45, 2.75) is 5.41 Å². The van der Waals surface area contributed by atoms with Crippen molar-refractivity contribution in [1.29, 1.82) is 0 Å². The SMILES string of the molecule is c1cc(-c2cccc3c2oc2ccccc23)cc(-n2c3ccccc3c3oc4ccccc4c32)c1.c1ccc(-c2cc(-c3ccccc3)cc(-n3c4ccccc4c4oc5ccccc5c43)c2)cc1.c1ccc(C2(c3ccccc3)c3ccccc3-c3c2c2ccccc2n3-c2cc(-c3ccc4ccccc4c3)cc(-c3ccc4ccccc4c3)n2)cc1. The smallest absolute Gasteiger partial charge is 0.161 e. The van der Waals surface area contributed by atoms with Crippen molar-refractivity contribution in [1.82, 2.24) is 18.7 Å². The van der Waals surface area contributed by atoms with Crippen LogP contribution >= 0.6 is 0 Å². The van der Waals surface area contributed by atoms with E-state index in [2.05, 4.69) is 426 Å². The molecule has 123 heavy (non-hydrogen) atoms. The van der Waals surface area contributed by atoms with Gasteiger partial charge in [0, 0.05) is 71.3 Å². The van der Waals surface area contributed by atoms with Crippen molar-refractivity contribution in [3.8, 4) is 84.2 Å². The van der Waals surface area contributed by atoms with Gasteiger partial charge in [-0.05, 0) is 192 Å². The van der Waals surface area contributed by atoms with Gasteiger partial charge < -0.3 is 22.4 Å². The maximum atomic E-state index is 6.38. The number of rotatable bonds is 10. The highest BCUT2D eigenvalue weighted by Crippen LogP contribution is 2.60. The fourth-order valence-electron chi connectivity index (χ4n) is 19.6. The highest BCUT2D eigenvalue weighted by molar-refractivity contribution is 6.18. The van der Waals surface area contributed by atoms with E-state index in [-0.39, 0.29) is 0 Å². The van der Waals surface area contributed by atoms with Crippen LogP contribution in [0.4, 0.5) is 0 Å². The molecule has 26 rings (SSSR count). The molecule has 0 atom stereocenters. The molecule has 0 fully saturated rings. The summed E-state index contributed by atoms with van der Waals surface area (Å²) < 4.78 is 26.2. The Morgan fingerprint density at radius 2 is 0.642 bits per heavy atom.